The van der Waals surface area contributed by atoms with E-state index in [1.54, 1.807) is 12.4 Å². The number of benzene rings is 1. The zero-order valence-corrected chi connectivity index (χ0v) is 9.53. The zero-order valence-electron chi connectivity index (χ0n) is 9.53. The SMILES string of the molecule is C=CC(/N=C/c1ccccn1)c1ccccc1. The molecule has 0 aliphatic carbocycles. The van der Waals surface area contributed by atoms with E-state index in [4.69, 9.17) is 0 Å². The lowest BCUT2D eigenvalue weighted by Crippen LogP contribution is -1.93. The summed E-state index contributed by atoms with van der Waals surface area (Å²) in [6, 6.07) is 15.8. The predicted octanol–water partition coefficient (Wildman–Crippen LogP) is 3.43. The van der Waals surface area contributed by atoms with Gasteiger partial charge in [-0.15, -0.1) is 6.58 Å². The number of pyridine rings is 1. The van der Waals surface area contributed by atoms with Crippen molar-refractivity contribution >= 4 is 6.21 Å². The van der Waals surface area contributed by atoms with Crippen molar-refractivity contribution in [3.8, 4) is 0 Å². The topological polar surface area (TPSA) is 25.2 Å². The van der Waals surface area contributed by atoms with Gasteiger partial charge in [0.2, 0.25) is 0 Å². The van der Waals surface area contributed by atoms with Crippen LogP contribution in [0.3, 0.4) is 0 Å². The summed E-state index contributed by atoms with van der Waals surface area (Å²) < 4.78 is 0. The van der Waals surface area contributed by atoms with Crippen LogP contribution in [0.2, 0.25) is 0 Å². The lowest BCUT2D eigenvalue weighted by atomic mass is 10.1. The van der Waals surface area contributed by atoms with Crippen LogP contribution in [0.25, 0.3) is 0 Å². The van der Waals surface area contributed by atoms with Gasteiger partial charge < -0.3 is 0 Å². The Hall–Kier alpha value is -2.22. The van der Waals surface area contributed by atoms with Gasteiger partial charge in [0.05, 0.1) is 11.7 Å². The molecule has 1 heterocycles. The van der Waals surface area contributed by atoms with E-state index in [0.717, 1.165) is 11.3 Å². The largest absolute Gasteiger partial charge is 0.279 e. The molecule has 2 aromatic rings. The normalized spacial score (nSPS) is 12.5. The van der Waals surface area contributed by atoms with Crippen molar-refractivity contribution in [1.29, 1.82) is 0 Å². The number of hydrogen-bond donors (Lipinski definition) is 0. The van der Waals surface area contributed by atoms with Crippen LogP contribution in [0.1, 0.15) is 17.3 Å². The number of aliphatic imine (C=N–C) groups is 1. The molecule has 0 aliphatic heterocycles. The van der Waals surface area contributed by atoms with Crippen molar-refractivity contribution in [2.45, 2.75) is 6.04 Å². The van der Waals surface area contributed by atoms with E-state index in [9.17, 15) is 0 Å². The van der Waals surface area contributed by atoms with Crippen LogP contribution in [-0.2, 0) is 0 Å². The maximum atomic E-state index is 4.48. The highest BCUT2D eigenvalue weighted by atomic mass is 14.8. The third kappa shape index (κ3) is 3.11. The highest BCUT2D eigenvalue weighted by molar-refractivity contribution is 5.77. The van der Waals surface area contributed by atoms with E-state index < -0.39 is 0 Å². The third-order valence-corrected chi connectivity index (χ3v) is 2.42. The molecule has 1 aromatic carbocycles. The second kappa shape index (κ2) is 5.75. The maximum absolute atomic E-state index is 4.48. The lowest BCUT2D eigenvalue weighted by Gasteiger charge is -2.06. The van der Waals surface area contributed by atoms with E-state index in [-0.39, 0.29) is 6.04 Å². The first-order chi connectivity index (χ1) is 8.40. The van der Waals surface area contributed by atoms with Gasteiger partial charge in [-0.25, -0.2) is 0 Å². The summed E-state index contributed by atoms with van der Waals surface area (Å²) in [5.74, 6) is 0. The molecule has 1 atom stereocenters. The predicted molar refractivity (Wildman–Crippen MR) is 71.2 cm³/mol. The van der Waals surface area contributed by atoms with Crippen molar-refractivity contribution in [1.82, 2.24) is 4.98 Å². The fraction of sp³-hybridized carbons (Fsp3) is 0.0667. The van der Waals surface area contributed by atoms with E-state index in [2.05, 4.69) is 16.6 Å². The van der Waals surface area contributed by atoms with Gasteiger partial charge in [-0.05, 0) is 17.7 Å². The molecule has 1 aromatic heterocycles. The molecule has 0 bridgehead atoms. The molecule has 0 fully saturated rings. The van der Waals surface area contributed by atoms with Gasteiger partial charge in [0.1, 0.15) is 0 Å². The van der Waals surface area contributed by atoms with E-state index >= 15 is 0 Å². The molecular weight excluding hydrogens is 208 g/mol. The Bertz CT molecular complexity index is 489. The van der Waals surface area contributed by atoms with Crippen molar-refractivity contribution in [2.75, 3.05) is 0 Å². The van der Waals surface area contributed by atoms with Gasteiger partial charge in [-0.2, -0.15) is 0 Å². The minimum Gasteiger partial charge on any atom is -0.279 e. The molecule has 0 N–H and O–H groups in total. The van der Waals surface area contributed by atoms with Crippen LogP contribution in [0, 0.1) is 0 Å². The molecule has 0 saturated carbocycles. The second-order valence-electron chi connectivity index (χ2n) is 3.62. The van der Waals surface area contributed by atoms with Crippen molar-refractivity contribution in [2.24, 2.45) is 4.99 Å². The first-order valence-corrected chi connectivity index (χ1v) is 5.52. The molecule has 2 nitrogen and oxygen atoms in total. The highest BCUT2D eigenvalue weighted by Gasteiger charge is 2.02. The monoisotopic (exact) mass is 222 g/mol. The molecule has 0 amide bonds. The molecule has 1 unspecified atom stereocenters. The van der Waals surface area contributed by atoms with Crippen LogP contribution in [0.4, 0.5) is 0 Å². The van der Waals surface area contributed by atoms with Crippen molar-refractivity contribution < 1.29 is 0 Å². The first-order valence-electron chi connectivity index (χ1n) is 5.52. The fourth-order valence-electron chi connectivity index (χ4n) is 1.54. The minimum absolute atomic E-state index is 0.0155. The Kier molecular flexibility index (Phi) is 3.81. The molecular formula is C15H14N2. The molecule has 0 spiro atoms. The Morgan fingerprint density at radius 3 is 2.47 bits per heavy atom. The van der Waals surface area contributed by atoms with E-state index in [0.29, 0.717) is 0 Å². The van der Waals surface area contributed by atoms with Crippen LogP contribution < -0.4 is 0 Å². The molecule has 0 aliphatic rings. The van der Waals surface area contributed by atoms with E-state index in [1.165, 1.54) is 0 Å². The van der Waals surface area contributed by atoms with Gasteiger partial charge in [-0.3, -0.25) is 9.98 Å². The lowest BCUT2D eigenvalue weighted by molar-refractivity contribution is 0.920. The molecule has 2 rings (SSSR count). The number of hydrogen-bond acceptors (Lipinski definition) is 2. The molecule has 0 saturated heterocycles. The van der Waals surface area contributed by atoms with Gasteiger partial charge in [0.25, 0.3) is 0 Å². The smallest absolute Gasteiger partial charge is 0.0928 e. The van der Waals surface area contributed by atoms with E-state index in [1.807, 2.05) is 54.6 Å². The highest BCUT2D eigenvalue weighted by Crippen LogP contribution is 2.17. The Morgan fingerprint density at radius 2 is 1.82 bits per heavy atom. The summed E-state index contributed by atoms with van der Waals surface area (Å²) in [6.07, 6.45) is 5.36. The van der Waals surface area contributed by atoms with Gasteiger partial charge in [0, 0.05) is 12.4 Å². The average Bonchev–Trinajstić information content (AvgIpc) is 2.42. The summed E-state index contributed by atoms with van der Waals surface area (Å²) in [6.45, 7) is 3.82. The second-order valence-corrected chi connectivity index (χ2v) is 3.62. The van der Waals surface area contributed by atoms with Crippen LogP contribution >= 0.6 is 0 Å². The minimum atomic E-state index is -0.0155. The van der Waals surface area contributed by atoms with Gasteiger partial charge in [0.15, 0.2) is 0 Å². The summed E-state index contributed by atoms with van der Waals surface area (Å²) in [5.41, 5.74) is 1.99. The number of aromatic nitrogens is 1. The quantitative estimate of drug-likeness (QED) is 0.574. The maximum Gasteiger partial charge on any atom is 0.0928 e. The summed E-state index contributed by atoms with van der Waals surface area (Å²) >= 11 is 0. The Balaban J connectivity index is 2.16. The Morgan fingerprint density at radius 1 is 1.06 bits per heavy atom. The molecule has 17 heavy (non-hydrogen) atoms. The number of rotatable bonds is 4. The van der Waals surface area contributed by atoms with Crippen molar-refractivity contribution in [3.63, 3.8) is 0 Å². The Labute approximate surface area is 101 Å². The summed E-state index contributed by atoms with van der Waals surface area (Å²) in [7, 11) is 0. The van der Waals surface area contributed by atoms with Crippen molar-refractivity contribution in [3.05, 3.63) is 78.6 Å². The molecule has 0 radical (unpaired) electrons. The van der Waals surface area contributed by atoms with Crippen LogP contribution in [-0.4, -0.2) is 11.2 Å². The average molecular weight is 222 g/mol. The zero-order chi connectivity index (χ0) is 11.9. The summed E-state index contributed by atoms with van der Waals surface area (Å²) in [5, 5.41) is 0. The van der Waals surface area contributed by atoms with Crippen LogP contribution in [0.15, 0.2) is 72.4 Å². The first kappa shape index (κ1) is 11.3. The van der Waals surface area contributed by atoms with Crippen LogP contribution in [0.5, 0.6) is 0 Å². The van der Waals surface area contributed by atoms with Gasteiger partial charge >= 0.3 is 0 Å². The number of nitrogens with zero attached hydrogens (tertiary/aromatic N) is 2. The summed E-state index contributed by atoms with van der Waals surface area (Å²) in [4.78, 5) is 8.67. The van der Waals surface area contributed by atoms with Gasteiger partial charge in [-0.1, -0.05) is 42.5 Å². The standard InChI is InChI=1S/C15H14N2/c1-2-15(13-8-4-3-5-9-13)17-12-14-10-6-7-11-16-14/h2-12,15H,1H2/b17-12+. The molecule has 84 valence electrons. The fourth-order valence-corrected chi connectivity index (χ4v) is 1.54. The third-order valence-electron chi connectivity index (χ3n) is 2.42. The molecule has 2 heteroatoms.